The van der Waals surface area contributed by atoms with Crippen LogP contribution in [0.1, 0.15) is 48.9 Å². The number of pyridine rings is 1. The number of aromatic nitrogens is 3. The van der Waals surface area contributed by atoms with Gasteiger partial charge >= 0.3 is 0 Å². The van der Waals surface area contributed by atoms with E-state index in [1.54, 1.807) is 18.7 Å². The highest BCUT2D eigenvalue weighted by atomic mass is 16.2. The standard InChI is InChI=1S/C18H22N4O/c23-18(22-10-3-5-14-4-1-2-6-16(14)22)15-7-8-17(20-12-15)21-11-9-19-13-21/h7-9,11-14,16H,1-6,10H2/t14-,16-/m0/s1. The Morgan fingerprint density at radius 3 is 2.78 bits per heavy atom. The lowest BCUT2D eigenvalue weighted by atomic mass is 9.78. The summed E-state index contributed by atoms with van der Waals surface area (Å²) in [5, 5.41) is 0. The van der Waals surface area contributed by atoms with E-state index in [1.807, 2.05) is 22.9 Å². The zero-order valence-electron chi connectivity index (χ0n) is 13.3. The molecule has 2 aliphatic rings. The number of carbonyl (C=O) groups excluding carboxylic acids is 1. The molecule has 1 saturated heterocycles. The van der Waals surface area contributed by atoms with Crippen LogP contribution in [0.4, 0.5) is 0 Å². The van der Waals surface area contributed by atoms with E-state index in [4.69, 9.17) is 0 Å². The summed E-state index contributed by atoms with van der Waals surface area (Å²) >= 11 is 0. The molecule has 1 amide bonds. The predicted molar refractivity (Wildman–Crippen MR) is 87.4 cm³/mol. The first-order chi connectivity index (χ1) is 11.3. The van der Waals surface area contributed by atoms with Crippen molar-refractivity contribution in [1.29, 1.82) is 0 Å². The Morgan fingerprint density at radius 2 is 2.00 bits per heavy atom. The van der Waals surface area contributed by atoms with Crippen LogP contribution < -0.4 is 0 Å². The van der Waals surface area contributed by atoms with Gasteiger partial charge in [0.1, 0.15) is 12.1 Å². The van der Waals surface area contributed by atoms with Crippen molar-refractivity contribution in [3.8, 4) is 5.82 Å². The minimum atomic E-state index is 0.145. The van der Waals surface area contributed by atoms with Gasteiger partial charge in [0.15, 0.2) is 0 Å². The summed E-state index contributed by atoms with van der Waals surface area (Å²) in [4.78, 5) is 23.5. The minimum Gasteiger partial charge on any atom is -0.335 e. The third-order valence-electron chi connectivity index (χ3n) is 5.27. The Kier molecular flexibility index (Phi) is 3.85. The Hall–Kier alpha value is -2.17. The number of likely N-dealkylation sites (tertiary alicyclic amines) is 1. The van der Waals surface area contributed by atoms with Crippen molar-refractivity contribution in [2.45, 2.75) is 44.6 Å². The van der Waals surface area contributed by atoms with E-state index in [1.165, 1.54) is 25.7 Å². The molecule has 2 fully saturated rings. The van der Waals surface area contributed by atoms with Crippen LogP contribution in [0.25, 0.3) is 5.82 Å². The number of imidazole rings is 1. The van der Waals surface area contributed by atoms with Gasteiger partial charge in [-0.1, -0.05) is 12.8 Å². The molecule has 0 N–H and O–H groups in total. The molecule has 0 bridgehead atoms. The van der Waals surface area contributed by atoms with Crippen molar-refractivity contribution in [3.63, 3.8) is 0 Å². The summed E-state index contributed by atoms with van der Waals surface area (Å²) in [7, 11) is 0. The molecule has 1 aliphatic carbocycles. The predicted octanol–water partition coefficient (Wildman–Crippen LogP) is 3.06. The molecular formula is C18H22N4O. The number of carbonyl (C=O) groups is 1. The van der Waals surface area contributed by atoms with Gasteiger partial charge in [-0.15, -0.1) is 0 Å². The molecule has 0 spiro atoms. The van der Waals surface area contributed by atoms with E-state index in [0.29, 0.717) is 17.5 Å². The molecule has 23 heavy (non-hydrogen) atoms. The van der Waals surface area contributed by atoms with Crippen LogP contribution in [-0.4, -0.2) is 37.9 Å². The lowest BCUT2D eigenvalue weighted by Gasteiger charge is -2.44. The summed E-state index contributed by atoms with van der Waals surface area (Å²) < 4.78 is 1.84. The summed E-state index contributed by atoms with van der Waals surface area (Å²) in [5.41, 5.74) is 0.695. The summed E-state index contributed by atoms with van der Waals surface area (Å²) in [6.07, 6.45) is 14.4. The van der Waals surface area contributed by atoms with Gasteiger partial charge in [-0.25, -0.2) is 9.97 Å². The van der Waals surface area contributed by atoms with Gasteiger partial charge < -0.3 is 4.90 Å². The number of piperidine rings is 1. The molecule has 3 heterocycles. The number of hydrogen-bond donors (Lipinski definition) is 0. The molecule has 5 nitrogen and oxygen atoms in total. The van der Waals surface area contributed by atoms with Crippen molar-refractivity contribution in [1.82, 2.24) is 19.4 Å². The Morgan fingerprint density at radius 1 is 1.13 bits per heavy atom. The monoisotopic (exact) mass is 310 g/mol. The third-order valence-corrected chi connectivity index (χ3v) is 5.27. The van der Waals surface area contributed by atoms with Crippen LogP contribution in [-0.2, 0) is 0 Å². The van der Waals surface area contributed by atoms with E-state index in [9.17, 15) is 4.79 Å². The lowest BCUT2D eigenvalue weighted by molar-refractivity contribution is 0.0390. The Labute approximate surface area is 136 Å². The van der Waals surface area contributed by atoms with Gasteiger partial charge in [0, 0.05) is 31.2 Å². The fourth-order valence-corrected chi connectivity index (χ4v) is 4.10. The number of amides is 1. The SMILES string of the molecule is O=C(c1ccc(-n2ccnc2)nc1)N1CCC[C@@H]2CCCC[C@@H]21. The first-order valence-corrected chi connectivity index (χ1v) is 8.58. The normalized spacial score (nSPS) is 24.3. The topological polar surface area (TPSA) is 51.0 Å². The van der Waals surface area contributed by atoms with E-state index in [0.717, 1.165) is 25.2 Å². The maximum absolute atomic E-state index is 12.9. The molecule has 0 unspecified atom stereocenters. The summed E-state index contributed by atoms with van der Waals surface area (Å²) in [6, 6.07) is 4.22. The van der Waals surface area contributed by atoms with E-state index >= 15 is 0 Å². The van der Waals surface area contributed by atoms with Crippen LogP contribution in [0.5, 0.6) is 0 Å². The maximum Gasteiger partial charge on any atom is 0.255 e. The molecule has 2 aromatic rings. The highest BCUT2D eigenvalue weighted by Gasteiger charge is 2.35. The average molecular weight is 310 g/mol. The molecule has 4 rings (SSSR count). The van der Waals surface area contributed by atoms with Crippen LogP contribution in [0, 0.1) is 5.92 Å². The summed E-state index contributed by atoms with van der Waals surface area (Å²) in [5.74, 6) is 1.64. The number of rotatable bonds is 2. The molecule has 1 saturated carbocycles. The zero-order chi connectivity index (χ0) is 15.6. The third kappa shape index (κ3) is 2.76. The largest absolute Gasteiger partial charge is 0.335 e. The fraction of sp³-hybridized carbons (Fsp3) is 0.500. The van der Waals surface area contributed by atoms with E-state index in [2.05, 4.69) is 14.9 Å². The van der Waals surface area contributed by atoms with E-state index < -0.39 is 0 Å². The van der Waals surface area contributed by atoms with Crippen molar-refractivity contribution < 1.29 is 4.79 Å². The quantitative estimate of drug-likeness (QED) is 0.856. The highest BCUT2D eigenvalue weighted by molar-refractivity contribution is 5.94. The highest BCUT2D eigenvalue weighted by Crippen LogP contribution is 2.35. The smallest absolute Gasteiger partial charge is 0.255 e. The van der Waals surface area contributed by atoms with Gasteiger partial charge in [0.25, 0.3) is 5.91 Å². The molecule has 5 heteroatoms. The van der Waals surface area contributed by atoms with Crippen molar-refractivity contribution in [2.24, 2.45) is 5.92 Å². The van der Waals surface area contributed by atoms with Crippen LogP contribution in [0.15, 0.2) is 37.1 Å². The van der Waals surface area contributed by atoms with Gasteiger partial charge in [-0.2, -0.15) is 0 Å². The van der Waals surface area contributed by atoms with Gasteiger partial charge in [0.2, 0.25) is 0 Å². The average Bonchev–Trinajstić information content (AvgIpc) is 3.15. The number of nitrogens with zero attached hydrogens (tertiary/aromatic N) is 4. The number of hydrogen-bond acceptors (Lipinski definition) is 3. The first kappa shape index (κ1) is 14.4. The van der Waals surface area contributed by atoms with Crippen LogP contribution in [0.2, 0.25) is 0 Å². The zero-order valence-corrected chi connectivity index (χ0v) is 13.3. The van der Waals surface area contributed by atoms with Crippen molar-refractivity contribution >= 4 is 5.91 Å². The van der Waals surface area contributed by atoms with Gasteiger partial charge in [-0.3, -0.25) is 9.36 Å². The number of fused-ring (bicyclic) bond motifs is 1. The second kappa shape index (κ2) is 6.14. The van der Waals surface area contributed by atoms with Gasteiger partial charge in [0.05, 0.1) is 5.56 Å². The van der Waals surface area contributed by atoms with Crippen LogP contribution >= 0.6 is 0 Å². The van der Waals surface area contributed by atoms with Gasteiger partial charge in [-0.05, 0) is 43.7 Å². The molecule has 2 aromatic heterocycles. The lowest BCUT2D eigenvalue weighted by Crippen LogP contribution is -2.49. The Bertz CT molecular complexity index is 663. The molecule has 1 aliphatic heterocycles. The Balaban J connectivity index is 1.54. The maximum atomic E-state index is 12.9. The van der Waals surface area contributed by atoms with Crippen LogP contribution in [0.3, 0.4) is 0 Å². The first-order valence-electron chi connectivity index (χ1n) is 8.58. The molecular weight excluding hydrogens is 288 g/mol. The fourth-order valence-electron chi connectivity index (χ4n) is 4.10. The second-order valence-corrected chi connectivity index (χ2v) is 6.63. The molecule has 0 radical (unpaired) electrons. The molecule has 0 aromatic carbocycles. The summed E-state index contributed by atoms with van der Waals surface area (Å²) in [6.45, 7) is 0.892. The van der Waals surface area contributed by atoms with Crippen molar-refractivity contribution in [2.75, 3.05) is 6.54 Å². The van der Waals surface area contributed by atoms with Crippen molar-refractivity contribution in [3.05, 3.63) is 42.6 Å². The second-order valence-electron chi connectivity index (χ2n) is 6.63. The molecule has 2 atom stereocenters. The van der Waals surface area contributed by atoms with E-state index in [-0.39, 0.29) is 5.91 Å². The molecule has 120 valence electrons. The minimum absolute atomic E-state index is 0.145.